The molecular formula is C3H8BNO. The predicted molar refractivity (Wildman–Crippen MR) is 25.6 cm³/mol. The number of nitrogens with two attached hydrogens (primary N) is 1. The molecule has 1 unspecified atom stereocenters. The van der Waals surface area contributed by atoms with Crippen LogP contribution >= 0.6 is 0 Å². The highest BCUT2D eigenvalue weighted by Gasteiger charge is 1.90. The molecule has 0 aromatic carbocycles. The predicted octanol–water partition coefficient (Wildman–Crippen LogP) is -1.11. The largest absolute Gasteiger partial charge is 0.393 e. The van der Waals surface area contributed by atoms with Gasteiger partial charge in [0.1, 0.15) is 0 Å². The number of aliphatic hydroxyl groups is 1. The van der Waals surface area contributed by atoms with Gasteiger partial charge in [-0.1, -0.05) is 6.32 Å². The Balaban J connectivity index is 2.75. The van der Waals surface area contributed by atoms with Crippen molar-refractivity contribution in [1.82, 2.24) is 0 Å². The molecule has 0 spiro atoms. The van der Waals surface area contributed by atoms with Crippen molar-refractivity contribution in [2.75, 3.05) is 6.54 Å². The second kappa shape index (κ2) is 3.19. The molecular weight excluding hydrogens is 76.9 g/mol. The van der Waals surface area contributed by atoms with Crippen LogP contribution < -0.4 is 5.73 Å². The van der Waals surface area contributed by atoms with Crippen LogP contribution in [-0.4, -0.2) is 25.6 Å². The Labute approximate surface area is 38.8 Å². The summed E-state index contributed by atoms with van der Waals surface area (Å²) in [5.41, 5.74) is 4.95. The molecule has 0 rings (SSSR count). The fraction of sp³-hybridized carbons (Fsp3) is 1.00. The number of hydrogen-bond donors (Lipinski definition) is 2. The molecule has 0 aliphatic carbocycles. The average molecular weight is 84.9 g/mol. The van der Waals surface area contributed by atoms with Gasteiger partial charge in [-0.2, -0.15) is 0 Å². The van der Waals surface area contributed by atoms with E-state index < -0.39 is 6.10 Å². The lowest BCUT2D eigenvalue weighted by Gasteiger charge is -1.98. The van der Waals surface area contributed by atoms with Gasteiger partial charge in [-0.3, -0.25) is 0 Å². The van der Waals surface area contributed by atoms with Crippen LogP contribution in [0, 0.1) is 0 Å². The molecule has 2 radical (unpaired) electrons. The van der Waals surface area contributed by atoms with Gasteiger partial charge in [-0.25, -0.2) is 0 Å². The van der Waals surface area contributed by atoms with Gasteiger partial charge >= 0.3 is 0 Å². The summed E-state index contributed by atoms with van der Waals surface area (Å²) in [7, 11) is 4.95. The van der Waals surface area contributed by atoms with Gasteiger partial charge in [0.25, 0.3) is 0 Å². The zero-order chi connectivity index (χ0) is 4.99. The molecule has 0 amide bonds. The van der Waals surface area contributed by atoms with E-state index in [-0.39, 0.29) is 12.9 Å². The fourth-order valence-electron chi connectivity index (χ4n) is 0.0962. The SMILES string of the molecule is [B]CC(O)CN. The summed E-state index contributed by atoms with van der Waals surface area (Å²) in [6.45, 7) is 0.260. The number of aliphatic hydroxyl groups excluding tert-OH is 1. The average Bonchev–Trinajstić information content (AvgIpc) is 1.65. The molecule has 0 aromatic rings. The third kappa shape index (κ3) is 2.24. The second-order valence-corrected chi connectivity index (χ2v) is 1.13. The summed E-state index contributed by atoms with van der Waals surface area (Å²) in [5.74, 6) is 0. The molecule has 3 N–H and O–H groups in total. The van der Waals surface area contributed by atoms with Gasteiger partial charge in [-0.05, 0) is 0 Å². The van der Waals surface area contributed by atoms with Crippen molar-refractivity contribution >= 4 is 7.85 Å². The minimum absolute atomic E-state index is 0.260. The third-order valence-corrected chi connectivity index (χ3v) is 0.544. The van der Waals surface area contributed by atoms with E-state index >= 15 is 0 Å². The summed E-state index contributed by atoms with van der Waals surface area (Å²) in [4.78, 5) is 0. The van der Waals surface area contributed by atoms with Crippen LogP contribution in [0.15, 0.2) is 0 Å². The highest BCUT2D eigenvalue weighted by atomic mass is 16.3. The second-order valence-electron chi connectivity index (χ2n) is 1.13. The summed E-state index contributed by atoms with van der Waals surface area (Å²) in [6, 6.07) is 0. The first kappa shape index (κ1) is 5.98. The van der Waals surface area contributed by atoms with E-state index in [0.29, 0.717) is 0 Å². The van der Waals surface area contributed by atoms with Crippen molar-refractivity contribution in [2.24, 2.45) is 5.73 Å². The Morgan fingerprint density at radius 2 is 2.33 bits per heavy atom. The van der Waals surface area contributed by atoms with Gasteiger partial charge in [-0.15, -0.1) is 0 Å². The van der Waals surface area contributed by atoms with Gasteiger partial charge < -0.3 is 10.8 Å². The van der Waals surface area contributed by atoms with E-state index in [9.17, 15) is 0 Å². The first-order valence-electron chi connectivity index (χ1n) is 1.89. The van der Waals surface area contributed by atoms with Crippen molar-refractivity contribution in [3.05, 3.63) is 0 Å². The molecule has 0 aliphatic rings. The minimum atomic E-state index is -0.509. The zero-order valence-corrected chi connectivity index (χ0v) is 3.59. The smallest absolute Gasteiger partial charge is 0.0688 e. The third-order valence-electron chi connectivity index (χ3n) is 0.544. The van der Waals surface area contributed by atoms with Gasteiger partial charge in [0.05, 0.1) is 14.0 Å². The van der Waals surface area contributed by atoms with Crippen molar-refractivity contribution < 1.29 is 5.11 Å². The first-order chi connectivity index (χ1) is 2.81. The fourth-order valence-corrected chi connectivity index (χ4v) is 0.0962. The lowest BCUT2D eigenvalue weighted by Crippen LogP contribution is -2.18. The lowest BCUT2D eigenvalue weighted by molar-refractivity contribution is 0.204. The Bertz CT molecular complexity index is 30.0. The maximum atomic E-state index is 8.42. The molecule has 3 heteroatoms. The highest BCUT2D eigenvalue weighted by molar-refractivity contribution is 6.08. The Morgan fingerprint density at radius 1 is 1.83 bits per heavy atom. The number of hydrogen-bond acceptors (Lipinski definition) is 2. The molecule has 0 saturated carbocycles. The molecule has 2 nitrogen and oxygen atoms in total. The van der Waals surface area contributed by atoms with Crippen molar-refractivity contribution in [3.8, 4) is 0 Å². The van der Waals surface area contributed by atoms with Crippen LogP contribution in [0.5, 0.6) is 0 Å². The van der Waals surface area contributed by atoms with Crippen molar-refractivity contribution in [3.63, 3.8) is 0 Å². The van der Waals surface area contributed by atoms with Crippen molar-refractivity contribution in [2.45, 2.75) is 12.4 Å². The summed E-state index contributed by atoms with van der Waals surface area (Å²) >= 11 is 0. The summed E-state index contributed by atoms with van der Waals surface area (Å²) < 4.78 is 0. The summed E-state index contributed by atoms with van der Waals surface area (Å²) in [6.07, 6.45) is -0.249. The van der Waals surface area contributed by atoms with E-state index in [1.807, 2.05) is 0 Å². The quantitative estimate of drug-likeness (QED) is 0.417. The van der Waals surface area contributed by atoms with Crippen LogP contribution in [0.3, 0.4) is 0 Å². The van der Waals surface area contributed by atoms with Gasteiger partial charge in [0.2, 0.25) is 0 Å². The molecule has 0 aromatic heterocycles. The molecule has 0 fully saturated rings. The molecule has 1 atom stereocenters. The maximum Gasteiger partial charge on any atom is 0.0688 e. The van der Waals surface area contributed by atoms with E-state index in [1.54, 1.807) is 0 Å². The molecule has 6 heavy (non-hydrogen) atoms. The molecule has 0 bridgehead atoms. The maximum absolute atomic E-state index is 8.42. The Kier molecular flexibility index (Phi) is 3.18. The topological polar surface area (TPSA) is 46.2 Å². The Morgan fingerprint density at radius 3 is 2.33 bits per heavy atom. The molecule has 0 aliphatic heterocycles. The van der Waals surface area contributed by atoms with E-state index in [2.05, 4.69) is 0 Å². The van der Waals surface area contributed by atoms with Gasteiger partial charge in [0, 0.05) is 6.54 Å². The standard InChI is InChI=1S/C3H8BNO/c4-1-3(6)2-5/h3,6H,1-2,5H2. The van der Waals surface area contributed by atoms with Crippen LogP contribution in [0.1, 0.15) is 0 Å². The van der Waals surface area contributed by atoms with E-state index in [4.69, 9.17) is 18.7 Å². The lowest BCUT2D eigenvalue weighted by atomic mass is 10.00. The first-order valence-corrected chi connectivity index (χ1v) is 1.89. The molecule has 34 valence electrons. The van der Waals surface area contributed by atoms with Crippen molar-refractivity contribution in [1.29, 1.82) is 0 Å². The highest BCUT2D eigenvalue weighted by Crippen LogP contribution is 1.79. The van der Waals surface area contributed by atoms with Crippen LogP contribution in [0.2, 0.25) is 6.32 Å². The normalized spacial score (nSPS) is 14.3. The monoisotopic (exact) mass is 85.1 g/mol. The van der Waals surface area contributed by atoms with Crippen LogP contribution in [0.25, 0.3) is 0 Å². The Hall–Kier alpha value is -0.0151. The number of rotatable bonds is 2. The summed E-state index contributed by atoms with van der Waals surface area (Å²) in [5, 5.41) is 8.42. The van der Waals surface area contributed by atoms with E-state index in [1.165, 1.54) is 0 Å². The molecule has 0 saturated heterocycles. The van der Waals surface area contributed by atoms with Gasteiger partial charge in [0.15, 0.2) is 0 Å². The van der Waals surface area contributed by atoms with E-state index in [0.717, 1.165) is 0 Å². The zero-order valence-electron chi connectivity index (χ0n) is 3.59. The van der Waals surface area contributed by atoms with Crippen LogP contribution in [0.4, 0.5) is 0 Å². The van der Waals surface area contributed by atoms with Crippen LogP contribution in [-0.2, 0) is 0 Å². The molecule has 0 heterocycles. The minimum Gasteiger partial charge on any atom is -0.393 e.